The summed E-state index contributed by atoms with van der Waals surface area (Å²) in [6, 6.07) is 0. The third-order valence-electron chi connectivity index (χ3n) is 4.04. The van der Waals surface area contributed by atoms with E-state index in [4.69, 9.17) is 0 Å². The van der Waals surface area contributed by atoms with E-state index in [1.807, 2.05) is 0 Å². The van der Waals surface area contributed by atoms with Crippen molar-refractivity contribution >= 4 is 0 Å². The maximum absolute atomic E-state index is 9.31. The molecular formula is C12H20O. The lowest BCUT2D eigenvalue weighted by molar-refractivity contribution is 0.187. The van der Waals surface area contributed by atoms with E-state index in [9.17, 15) is 5.11 Å². The summed E-state index contributed by atoms with van der Waals surface area (Å²) >= 11 is 0. The smallest absolute Gasteiger partial charge is 0.0496 e. The van der Waals surface area contributed by atoms with E-state index in [1.54, 1.807) is 11.1 Å². The first-order valence-electron chi connectivity index (χ1n) is 5.54. The summed E-state index contributed by atoms with van der Waals surface area (Å²) in [5, 5.41) is 9.31. The highest BCUT2D eigenvalue weighted by molar-refractivity contribution is 5.26. The second-order valence-corrected chi connectivity index (χ2v) is 4.81. The lowest BCUT2D eigenvalue weighted by atomic mass is 9.72. The van der Waals surface area contributed by atoms with Crippen LogP contribution in [0.1, 0.15) is 39.5 Å². The largest absolute Gasteiger partial charge is 0.396 e. The van der Waals surface area contributed by atoms with Gasteiger partial charge in [0.15, 0.2) is 0 Å². The van der Waals surface area contributed by atoms with Gasteiger partial charge in [-0.05, 0) is 44.4 Å². The fraction of sp³-hybridized carbons (Fsp3) is 0.833. The molecule has 3 atom stereocenters. The van der Waals surface area contributed by atoms with Crippen molar-refractivity contribution in [2.45, 2.75) is 39.5 Å². The molecule has 0 heterocycles. The van der Waals surface area contributed by atoms with Crippen molar-refractivity contribution in [2.24, 2.45) is 17.8 Å². The minimum absolute atomic E-state index is 0.371. The number of rotatable bonds is 1. The predicted octanol–water partition coefficient (Wildman–Crippen LogP) is 2.75. The van der Waals surface area contributed by atoms with E-state index in [1.165, 1.54) is 25.7 Å². The third kappa shape index (κ3) is 1.43. The summed E-state index contributed by atoms with van der Waals surface area (Å²) in [7, 11) is 0. The normalized spacial score (nSPS) is 39.5. The lowest BCUT2D eigenvalue weighted by Gasteiger charge is -2.34. The van der Waals surface area contributed by atoms with Gasteiger partial charge in [0.25, 0.3) is 0 Å². The van der Waals surface area contributed by atoms with Crippen molar-refractivity contribution in [3.63, 3.8) is 0 Å². The van der Waals surface area contributed by atoms with Gasteiger partial charge in [0.2, 0.25) is 0 Å². The highest BCUT2D eigenvalue weighted by atomic mass is 16.3. The van der Waals surface area contributed by atoms with E-state index in [-0.39, 0.29) is 0 Å². The van der Waals surface area contributed by atoms with Crippen LogP contribution in [0.3, 0.4) is 0 Å². The minimum atomic E-state index is 0.371. The summed E-state index contributed by atoms with van der Waals surface area (Å²) in [4.78, 5) is 0. The molecule has 1 fully saturated rings. The highest BCUT2D eigenvalue weighted by Crippen LogP contribution is 2.47. The van der Waals surface area contributed by atoms with Gasteiger partial charge in [0.1, 0.15) is 0 Å². The Morgan fingerprint density at radius 1 is 1.31 bits per heavy atom. The third-order valence-corrected chi connectivity index (χ3v) is 4.04. The van der Waals surface area contributed by atoms with Crippen LogP contribution in [-0.2, 0) is 0 Å². The first-order valence-corrected chi connectivity index (χ1v) is 5.54. The average molecular weight is 180 g/mol. The van der Waals surface area contributed by atoms with Gasteiger partial charge >= 0.3 is 0 Å². The molecule has 0 aliphatic heterocycles. The molecule has 0 bridgehead atoms. The van der Waals surface area contributed by atoms with Gasteiger partial charge in [-0.3, -0.25) is 0 Å². The number of hydrogen-bond acceptors (Lipinski definition) is 1. The fourth-order valence-electron chi connectivity index (χ4n) is 3.24. The zero-order valence-electron chi connectivity index (χ0n) is 8.71. The second kappa shape index (κ2) is 3.45. The van der Waals surface area contributed by atoms with Gasteiger partial charge < -0.3 is 5.11 Å². The van der Waals surface area contributed by atoms with Gasteiger partial charge in [0.05, 0.1) is 0 Å². The molecule has 0 aromatic heterocycles. The Hall–Kier alpha value is -0.300. The van der Waals surface area contributed by atoms with Crippen LogP contribution in [0.25, 0.3) is 0 Å². The first kappa shape index (κ1) is 9.26. The first-order chi connectivity index (χ1) is 6.24. The Morgan fingerprint density at radius 3 is 2.77 bits per heavy atom. The molecule has 0 aromatic rings. The molecule has 0 saturated heterocycles. The molecule has 1 N–H and O–H groups in total. The predicted molar refractivity (Wildman–Crippen MR) is 54.4 cm³/mol. The Kier molecular flexibility index (Phi) is 2.46. The quantitative estimate of drug-likeness (QED) is 0.615. The molecule has 2 aliphatic rings. The molecule has 0 spiro atoms. The van der Waals surface area contributed by atoms with Crippen LogP contribution < -0.4 is 0 Å². The van der Waals surface area contributed by atoms with Crippen LogP contribution in [0.4, 0.5) is 0 Å². The second-order valence-electron chi connectivity index (χ2n) is 4.81. The number of allylic oxidation sites excluding steroid dienone is 1. The minimum Gasteiger partial charge on any atom is -0.396 e. The molecule has 2 aliphatic carbocycles. The van der Waals surface area contributed by atoms with Crippen molar-refractivity contribution in [3.8, 4) is 0 Å². The van der Waals surface area contributed by atoms with Gasteiger partial charge in [-0.2, -0.15) is 0 Å². The van der Waals surface area contributed by atoms with Crippen molar-refractivity contribution in [3.05, 3.63) is 11.1 Å². The van der Waals surface area contributed by atoms with E-state index in [0.29, 0.717) is 12.5 Å². The summed E-state index contributed by atoms with van der Waals surface area (Å²) in [5.41, 5.74) is 3.21. The molecule has 0 radical (unpaired) electrons. The fourth-order valence-corrected chi connectivity index (χ4v) is 3.24. The van der Waals surface area contributed by atoms with E-state index >= 15 is 0 Å². The number of aliphatic hydroxyl groups excluding tert-OH is 1. The summed E-state index contributed by atoms with van der Waals surface area (Å²) < 4.78 is 0. The lowest BCUT2D eigenvalue weighted by Crippen LogP contribution is -2.26. The van der Waals surface area contributed by atoms with E-state index < -0.39 is 0 Å². The molecular weight excluding hydrogens is 160 g/mol. The topological polar surface area (TPSA) is 20.2 Å². The molecule has 2 rings (SSSR count). The van der Waals surface area contributed by atoms with Crippen molar-refractivity contribution in [1.29, 1.82) is 0 Å². The molecule has 0 aromatic carbocycles. The molecule has 1 heteroatoms. The Bertz CT molecular complexity index is 229. The van der Waals surface area contributed by atoms with Crippen LogP contribution in [0.5, 0.6) is 0 Å². The Balaban J connectivity index is 2.25. The maximum Gasteiger partial charge on any atom is 0.0496 e. The molecule has 74 valence electrons. The number of hydrogen-bond donors (Lipinski definition) is 1. The van der Waals surface area contributed by atoms with Crippen molar-refractivity contribution in [2.75, 3.05) is 6.61 Å². The zero-order valence-corrected chi connectivity index (χ0v) is 8.71. The highest BCUT2D eigenvalue weighted by Gasteiger charge is 2.36. The van der Waals surface area contributed by atoms with Crippen LogP contribution in [-0.4, -0.2) is 11.7 Å². The van der Waals surface area contributed by atoms with Crippen molar-refractivity contribution < 1.29 is 5.11 Å². The van der Waals surface area contributed by atoms with Gasteiger partial charge in [-0.25, -0.2) is 0 Å². The zero-order chi connectivity index (χ0) is 9.42. The van der Waals surface area contributed by atoms with Crippen LogP contribution >= 0.6 is 0 Å². The molecule has 0 unspecified atom stereocenters. The monoisotopic (exact) mass is 180 g/mol. The van der Waals surface area contributed by atoms with Crippen LogP contribution in [0.2, 0.25) is 0 Å². The standard InChI is InChI=1S/C12H20O/c1-8-3-5-10(7-13)12-9(2)4-6-11(8)12/h8,10-11,13H,3-7H2,1-2H3/t8-,10+,11+/m1/s1. The van der Waals surface area contributed by atoms with E-state index in [0.717, 1.165) is 11.8 Å². The van der Waals surface area contributed by atoms with Crippen LogP contribution in [0.15, 0.2) is 11.1 Å². The van der Waals surface area contributed by atoms with Gasteiger partial charge in [-0.15, -0.1) is 0 Å². The molecule has 0 amide bonds. The maximum atomic E-state index is 9.31. The SMILES string of the molecule is CC1=C2[C@H](CO)CC[C@@H](C)[C@@H]2CC1. The Labute approximate surface area is 80.8 Å². The van der Waals surface area contributed by atoms with E-state index in [2.05, 4.69) is 13.8 Å². The summed E-state index contributed by atoms with van der Waals surface area (Å²) in [6.07, 6.45) is 5.15. The van der Waals surface area contributed by atoms with Crippen LogP contribution in [0, 0.1) is 17.8 Å². The number of aliphatic hydroxyl groups is 1. The van der Waals surface area contributed by atoms with Crippen molar-refractivity contribution in [1.82, 2.24) is 0 Å². The van der Waals surface area contributed by atoms with Gasteiger partial charge in [-0.1, -0.05) is 18.1 Å². The molecule has 13 heavy (non-hydrogen) atoms. The Morgan fingerprint density at radius 2 is 2.08 bits per heavy atom. The molecule has 1 saturated carbocycles. The summed E-state index contributed by atoms with van der Waals surface area (Å²) in [5.74, 6) is 2.17. The summed E-state index contributed by atoms with van der Waals surface area (Å²) in [6.45, 7) is 5.00. The molecule has 1 nitrogen and oxygen atoms in total. The number of fused-ring (bicyclic) bond motifs is 1. The van der Waals surface area contributed by atoms with Gasteiger partial charge in [0, 0.05) is 12.5 Å². The average Bonchev–Trinajstić information content (AvgIpc) is 2.51.